The second-order valence-corrected chi connectivity index (χ2v) is 10.1. The van der Waals surface area contributed by atoms with Crippen molar-refractivity contribution < 1.29 is 9.59 Å². The summed E-state index contributed by atoms with van der Waals surface area (Å²) in [5, 5.41) is 3.38. The molecule has 2 atom stereocenters. The summed E-state index contributed by atoms with van der Waals surface area (Å²) in [7, 11) is 0. The predicted octanol–water partition coefficient (Wildman–Crippen LogP) is 5.36. The van der Waals surface area contributed by atoms with Gasteiger partial charge in [0.2, 0.25) is 5.91 Å². The molecule has 1 heterocycles. The van der Waals surface area contributed by atoms with Crippen molar-refractivity contribution in [3.8, 4) is 0 Å². The Balaban J connectivity index is 1.54. The molecule has 1 N–H and O–H groups in total. The molecule has 0 bridgehead atoms. The molecular weight excluding hydrogens is 396 g/mol. The number of rotatable bonds is 3. The summed E-state index contributed by atoms with van der Waals surface area (Å²) in [6.45, 7) is 1.99. The molecular formula is C28H34N2O2. The average Bonchev–Trinajstić information content (AvgIpc) is 3.08. The average molecular weight is 431 g/mol. The van der Waals surface area contributed by atoms with Crippen molar-refractivity contribution in [2.75, 3.05) is 0 Å². The van der Waals surface area contributed by atoms with Crippen LogP contribution in [-0.4, -0.2) is 28.3 Å². The summed E-state index contributed by atoms with van der Waals surface area (Å²) >= 11 is 0. The van der Waals surface area contributed by atoms with Crippen LogP contribution in [-0.2, 0) is 17.6 Å². The maximum Gasteiger partial charge on any atom is 0.255 e. The number of amides is 2. The van der Waals surface area contributed by atoms with Gasteiger partial charge in [0.15, 0.2) is 0 Å². The van der Waals surface area contributed by atoms with E-state index in [1.807, 2.05) is 36.1 Å². The van der Waals surface area contributed by atoms with Gasteiger partial charge in [0.25, 0.3) is 5.91 Å². The number of benzene rings is 2. The Morgan fingerprint density at radius 2 is 1.59 bits per heavy atom. The van der Waals surface area contributed by atoms with Crippen LogP contribution in [0, 0.1) is 0 Å². The number of nitrogens with one attached hydrogen (secondary N) is 1. The van der Waals surface area contributed by atoms with Crippen molar-refractivity contribution in [3.63, 3.8) is 0 Å². The Hall–Kier alpha value is -2.62. The molecule has 2 aromatic rings. The summed E-state index contributed by atoms with van der Waals surface area (Å²) in [5.41, 5.74) is 3.35. The number of nitrogens with zero attached hydrogens (tertiary/aromatic N) is 1. The molecule has 168 valence electrons. The summed E-state index contributed by atoms with van der Waals surface area (Å²) in [6, 6.07) is 16.4. The zero-order valence-electron chi connectivity index (χ0n) is 19.1. The highest BCUT2D eigenvalue weighted by Gasteiger charge is 2.50. The Morgan fingerprint density at radius 1 is 0.906 bits per heavy atom. The summed E-state index contributed by atoms with van der Waals surface area (Å²) in [4.78, 5) is 29.8. The Kier molecular flexibility index (Phi) is 5.79. The van der Waals surface area contributed by atoms with Gasteiger partial charge in [0.05, 0.1) is 6.04 Å². The van der Waals surface area contributed by atoms with Gasteiger partial charge in [-0.15, -0.1) is 0 Å². The van der Waals surface area contributed by atoms with Gasteiger partial charge >= 0.3 is 0 Å². The molecule has 1 aliphatic heterocycles. The second-order valence-electron chi connectivity index (χ2n) is 10.1. The van der Waals surface area contributed by atoms with Gasteiger partial charge in [-0.25, -0.2) is 0 Å². The third-order valence-corrected chi connectivity index (χ3v) is 7.86. The molecule has 1 saturated carbocycles. The lowest BCUT2D eigenvalue weighted by atomic mass is 9.77. The fourth-order valence-electron chi connectivity index (χ4n) is 6.13. The number of hydrogen-bond acceptors (Lipinski definition) is 2. The Bertz CT molecular complexity index is 1010. The molecule has 0 saturated heterocycles. The van der Waals surface area contributed by atoms with E-state index in [9.17, 15) is 9.59 Å². The first-order valence-electron chi connectivity index (χ1n) is 12.4. The van der Waals surface area contributed by atoms with Gasteiger partial charge < -0.3 is 10.2 Å². The summed E-state index contributed by atoms with van der Waals surface area (Å²) in [6.07, 6.45) is 10.5. The minimum absolute atomic E-state index is 0.00734. The minimum Gasteiger partial charge on any atom is -0.351 e. The predicted molar refractivity (Wildman–Crippen MR) is 126 cm³/mol. The van der Waals surface area contributed by atoms with Crippen LogP contribution in [0.5, 0.6) is 0 Å². The SMILES string of the molecule is C[C@]1(C(=O)NC2CCCCCC2)Cc2ccccc2C(=O)N1[C@@H]1CCCc2ccccc21. The van der Waals surface area contributed by atoms with Gasteiger partial charge in [-0.3, -0.25) is 9.59 Å². The van der Waals surface area contributed by atoms with Crippen LogP contribution in [0.2, 0.25) is 0 Å². The normalized spacial score (nSPS) is 26.1. The van der Waals surface area contributed by atoms with E-state index in [1.165, 1.54) is 36.8 Å². The molecule has 0 unspecified atom stereocenters. The minimum atomic E-state index is -0.896. The van der Waals surface area contributed by atoms with Gasteiger partial charge in [-0.05, 0) is 61.8 Å². The smallest absolute Gasteiger partial charge is 0.255 e. The standard InChI is InChI=1S/C28H34N2O2/c1-28(27(32)29-22-14-4-2-3-5-15-22)19-21-12-7-9-17-24(21)26(31)30(28)25-18-10-13-20-11-6-8-16-23(20)25/h6-9,11-12,16-17,22,25H,2-5,10,13-15,18-19H2,1H3,(H,29,32)/t25-,28-/m1/s1. The highest BCUT2D eigenvalue weighted by atomic mass is 16.2. The van der Waals surface area contributed by atoms with E-state index in [0.717, 1.165) is 43.2 Å². The zero-order chi connectivity index (χ0) is 22.1. The maximum atomic E-state index is 13.9. The first-order valence-corrected chi connectivity index (χ1v) is 12.4. The van der Waals surface area contributed by atoms with Crippen molar-refractivity contribution in [1.29, 1.82) is 0 Å². The first-order chi connectivity index (χ1) is 15.6. The van der Waals surface area contributed by atoms with Gasteiger partial charge in [-0.2, -0.15) is 0 Å². The zero-order valence-corrected chi connectivity index (χ0v) is 19.1. The number of hydrogen-bond donors (Lipinski definition) is 1. The molecule has 0 aromatic heterocycles. The van der Waals surface area contributed by atoms with E-state index in [-0.39, 0.29) is 23.9 Å². The third kappa shape index (κ3) is 3.74. The van der Waals surface area contributed by atoms with Crippen molar-refractivity contribution in [1.82, 2.24) is 10.2 Å². The van der Waals surface area contributed by atoms with E-state index in [2.05, 4.69) is 29.6 Å². The maximum absolute atomic E-state index is 13.9. The van der Waals surface area contributed by atoms with Crippen LogP contribution in [0.1, 0.15) is 91.4 Å². The molecule has 5 rings (SSSR count). The van der Waals surface area contributed by atoms with Crippen LogP contribution in [0.4, 0.5) is 0 Å². The third-order valence-electron chi connectivity index (χ3n) is 7.86. The number of aryl methyl sites for hydroxylation is 1. The Labute approximate surface area is 191 Å². The fraction of sp³-hybridized carbons (Fsp3) is 0.500. The molecule has 4 heteroatoms. The quantitative estimate of drug-likeness (QED) is 0.667. The number of carbonyl (C=O) groups excluding carboxylic acids is 2. The second kappa shape index (κ2) is 8.73. The molecule has 3 aliphatic rings. The van der Waals surface area contributed by atoms with Crippen LogP contribution in [0.25, 0.3) is 0 Å². The molecule has 1 fully saturated rings. The van der Waals surface area contributed by atoms with Crippen molar-refractivity contribution >= 4 is 11.8 Å². The Morgan fingerprint density at radius 3 is 2.38 bits per heavy atom. The summed E-state index contributed by atoms with van der Waals surface area (Å²) in [5.74, 6) is 0.00220. The molecule has 32 heavy (non-hydrogen) atoms. The van der Waals surface area contributed by atoms with Gasteiger partial charge in [0.1, 0.15) is 5.54 Å². The molecule has 2 aromatic carbocycles. The number of carbonyl (C=O) groups is 2. The highest BCUT2D eigenvalue weighted by Crippen LogP contribution is 2.43. The van der Waals surface area contributed by atoms with E-state index in [0.29, 0.717) is 6.42 Å². The molecule has 0 radical (unpaired) electrons. The highest BCUT2D eigenvalue weighted by molar-refractivity contribution is 6.03. The molecule has 2 amide bonds. The number of fused-ring (bicyclic) bond motifs is 2. The molecule has 4 nitrogen and oxygen atoms in total. The largest absolute Gasteiger partial charge is 0.351 e. The molecule has 0 spiro atoms. The van der Waals surface area contributed by atoms with Crippen LogP contribution in [0.15, 0.2) is 48.5 Å². The van der Waals surface area contributed by atoms with E-state index in [4.69, 9.17) is 0 Å². The lowest BCUT2D eigenvalue weighted by Gasteiger charge is -2.49. The van der Waals surface area contributed by atoms with Crippen LogP contribution >= 0.6 is 0 Å². The van der Waals surface area contributed by atoms with Crippen molar-refractivity contribution in [3.05, 3.63) is 70.8 Å². The van der Waals surface area contributed by atoms with E-state index >= 15 is 0 Å². The topological polar surface area (TPSA) is 49.4 Å². The van der Waals surface area contributed by atoms with Gasteiger partial charge in [-0.1, -0.05) is 68.1 Å². The van der Waals surface area contributed by atoms with Crippen LogP contribution in [0.3, 0.4) is 0 Å². The lowest BCUT2D eigenvalue weighted by Crippen LogP contribution is -2.64. The van der Waals surface area contributed by atoms with Crippen molar-refractivity contribution in [2.45, 2.75) is 88.8 Å². The van der Waals surface area contributed by atoms with Gasteiger partial charge in [0, 0.05) is 18.0 Å². The summed E-state index contributed by atoms with van der Waals surface area (Å²) < 4.78 is 0. The lowest BCUT2D eigenvalue weighted by molar-refractivity contribution is -0.134. The first kappa shape index (κ1) is 21.2. The fourth-order valence-corrected chi connectivity index (χ4v) is 6.13. The van der Waals surface area contributed by atoms with Crippen LogP contribution < -0.4 is 5.32 Å². The van der Waals surface area contributed by atoms with E-state index in [1.54, 1.807) is 0 Å². The molecule has 2 aliphatic carbocycles. The van der Waals surface area contributed by atoms with E-state index < -0.39 is 5.54 Å². The monoisotopic (exact) mass is 430 g/mol. The van der Waals surface area contributed by atoms with Crippen molar-refractivity contribution in [2.24, 2.45) is 0 Å².